The van der Waals surface area contributed by atoms with Crippen LogP contribution in [0.3, 0.4) is 0 Å². The molecule has 12 heteroatoms. The minimum atomic E-state index is -4.59. The monoisotopic (exact) mass is 459 g/mol. The summed E-state index contributed by atoms with van der Waals surface area (Å²) in [5.41, 5.74) is -1.30. The van der Waals surface area contributed by atoms with Crippen molar-refractivity contribution in [1.29, 1.82) is 0 Å². The minimum Gasteiger partial charge on any atom is -0.364 e. The second-order valence-electron chi connectivity index (χ2n) is 7.29. The Morgan fingerprint density at radius 3 is 2.52 bits per heavy atom. The number of aryl methyl sites for hydroxylation is 1. The highest BCUT2D eigenvalue weighted by molar-refractivity contribution is 6.08. The molecule has 33 heavy (non-hydrogen) atoms. The third kappa shape index (κ3) is 4.02. The second-order valence-corrected chi connectivity index (χ2v) is 7.29. The fourth-order valence-electron chi connectivity index (χ4n) is 3.56. The van der Waals surface area contributed by atoms with Crippen LogP contribution in [0.2, 0.25) is 0 Å². The van der Waals surface area contributed by atoms with Gasteiger partial charge in [-0.15, -0.1) is 0 Å². The van der Waals surface area contributed by atoms with Gasteiger partial charge in [-0.1, -0.05) is 29.4 Å². The molecule has 0 aliphatic carbocycles. The first kappa shape index (κ1) is 22.0. The summed E-state index contributed by atoms with van der Waals surface area (Å²) in [6, 6.07) is 7.54. The fraction of sp³-hybridized carbons (Fsp3) is 0.190. The molecule has 4 rings (SSSR count). The van der Waals surface area contributed by atoms with Gasteiger partial charge < -0.3 is 15.2 Å². The maximum atomic E-state index is 13.0. The molecule has 0 bridgehead atoms. The van der Waals surface area contributed by atoms with Gasteiger partial charge in [0.25, 0.3) is 11.8 Å². The summed E-state index contributed by atoms with van der Waals surface area (Å²) < 4.78 is 43.3. The van der Waals surface area contributed by atoms with Crippen LogP contribution in [-0.2, 0) is 16.5 Å². The molecule has 170 valence electrons. The lowest BCUT2D eigenvalue weighted by Crippen LogP contribution is -2.52. The summed E-state index contributed by atoms with van der Waals surface area (Å²) in [6.07, 6.45) is -2.35. The van der Waals surface area contributed by atoms with Crippen molar-refractivity contribution in [1.82, 2.24) is 26.1 Å². The van der Waals surface area contributed by atoms with Crippen molar-refractivity contribution in [3.63, 3.8) is 0 Å². The van der Waals surface area contributed by atoms with Crippen LogP contribution in [0, 0.1) is 6.92 Å². The number of aromatic nitrogens is 2. The molecule has 1 aromatic carbocycles. The maximum Gasteiger partial charge on any atom is 0.433 e. The van der Waals surface area contributed by atoms with Crippen LogP contribution in [0.25, 0.3) is 11.1 Å². The number of amides is 4. The lowest BCUT2D eigenvalue weighted by Gasteiger charge is -2.25. The SMILES string of the molecule is Cc1nocc1[C@]1(CNC(=O)c2ccccc2-c2ccc(C(F)(F)F)nc2)NC(=O)NC1=O. The first-order chi connectivity index (χ1) is 15.6. The van der Waals surface area contributed by atoms with E-state index >= 15 is 0 Å². The van der Waals surface area contributed by atoms with Gasteiger partial charge in [0.15, 0.2) is 5.54 Å². The number of urea groups is 1. The molecule has 1 saturated heterocycles. The zero-order valence-corrected chi connectivity index (χ0v) is 17.0. The van der Waals surface area contributed by atoms with Crippen molar-refractivity contribution in [2.45, 2.75) is 18.6 Å². The molecule has 0 radical (unpaired) electrons. The van der Waals surface area contributed by atoms with Gasteiger partial charge in [0, 0.05) is 17.3 Å². The molecular weight excluding hydrogens is 443 g/mol. The summed E-state index contributed by atoms with van der Waals surface area (Å²) >= 11 is 0. The number of rotatable bonds is 5. The molecule has 3 aromatic rings. The summed E-state index contributed by atoms with van der Waals surface area (Å²) in [7, 11) is 0. The summed E-state index contributed by atoms with van der Waals surface area (Å²) in [4.78, 5) is 40.9. The molecule has 0 saturated carbocycles. The lowest BCUT2D eigenvalue weighted by atomic mass is 9.90. The second kappa shape index (κ2) is 8.04. The van der Waals surface area contributed by atoms with Crippen LogP contribution in [0.4, 0.5) is 18.0 Å². The molecule has 0 spiro atoms. The van der Waals surface area contributed by atoms with Crippen LogP contribution < -0.4 is 16.0 Å². The molecule has 1 aliphatic rings. The van der Waals surface area contributed by atoms with Crippen LogP contribution >= 0.6 is 0 Å². The minimum absolute atomic E-state index is 0.140. The first-order valence-corrected chi connectivity index (χ1v) is 9.58. The summed E-state index contributed by atoms with van der Waals surface area (Å²) in [5.74, 6) is -1.31. The molecule has 3 heterocycles. The standard InChI is InChI=1S/C21H16F3N5O4/c1-11-15(9-33-29-11)20(18(31)27-19(32)28-20)10-26-17(30)14-5-3-2-4-13(14)12-6-7-16(25-8-12)21(22,23)24/h2-9H,10H2,1H3,(H,26,30)(H2,27,28,31,32)/t20-/m0/s1. The van der Waals surface area contributed by atoms with E-state index in [-0.39, 0.29) is 17.7 Å². The van der Waals surface area contributed by atoms with E-state index in [2.05, 4.69) is 26.1 Å². The van der Waals surface area contributed by atoms with Crippen LogP contribution in [-0.4, -0.2) is 34.5 Å². The van der Waals surface area contributed by atoms with E-state index < -0.39 is 35.3 Å². The average molecular weight is 459 g/mol. The van der Waals surface area contributed by atoms with Crippen molar-refractivity contribution < 1.29 is 32.1 Å². The Hall–Kier alpha value is -4.22. The largest absolute Gasteiger partial charge is 0.433 e. The molecule has 1 atom stereocenters. The number of benzene rings is 1. The number of hydrogen-bond donors (Lipinski definition) is 3. The lowest BCUT2D eigenvalue weighted by molar-refractivity contribution is -0.141. The molecule has 9 nitrogen and oxygen atoms in total. The Labute approximate surface area is 184 Å². The van der Waals surface area contributed by atoms with Gasteiger partial charge >= 0.3 is 12.2 Å². The number of carbonyl (C=O) groups is 3. The predicted molar refractivity (Wildman–Crippen MR) is 107 cm³/mol. The Balaban J connectivity index is 1.61. The van der Waals surface area contributed by atoms with E-state index in [1.54, 1.807) is 25.1 Å². The smallest absolute Gasteiger partial charge is 0.364 e. The molecule has 2 aromatic heterocycles. The maximum absolute atomic E-state index is 13.0. The van der Waals surface area contributed by atoms with Crippen LogP contribution in [0.1, 0.15) is 27.3 Å². The predicted octanol–water partition coefficient (Wildman–Crippen LogP) is 2.53. The van der Waals surface area contributed by atoms with E-state index in [9.17, 15) is 27.6 Å². The number of imide groups is 1. The number of halogens is 3. The number of hydrogen-bond acceptors (Lipinski definition) is 6. The fourth-order valence-corrected chi connectivity index (χ4v) is 3.56. The van der Waals surface area contributed by atoms with Gasteiger partial charge in [-0.3, -0.25) is 19.9 Å². The highest BCUT2D eigenvalue weighted by Crippen LogP contribution is 2.31. The quantitative estimate of drug-likeness (QED) is 0.504. The molecule has 1 fully saturated rings. The Morgan fingerprint density at radius 1 is 1.18 bits per heavy atom. The topological polar surface area (TPSA) is 126 Å². The van der Waals surface area contributed by atoms with Crippen LogP contribution in [0.15, 0.2) is 53.4 Å². The van der Waals surface area contributed by atoms with Crippen molar-refractivity contribution in [2.24, 2.45) is 0 Å². The van der Waals surface area contributed by atoms with Crippen molar-refractivity contribution >= 4 is 17.8 Å². The zero-order valence-electron chi connectivity index (χ0n) is 17.0. The number of nitrogens with one attached hydrogen (secondary N) is 3. The Bertz CT molecular complexity index is 1240. The van der Waals surface area contributed by atoms with Crippen LogP contribution in [0.5, 0.6) is 0 Å². The van der Waals surface area contributed by atoms with E-state index in [1.165, 1.54) is 18.4 Å². The van der Waals surface area contributed by atoms with Gasteiger partial charge in [-0.25, -0.2) is 4.79 Å². The molecule has 0 unspecified atom stereocenters. The number of nitrogens with zero attached hydrogens (tertiary/aromatic N) is 2. The Morgan fingerprint density at radius 2 is 1.94 bits per heavy atom. The average Bonchev–Trinajstić information content (AvgIpc) is 3.34. The van der Waals surface area contributed by atoms with Gasteiger partial charge in [0.05, 0.1) is 17.8 Å². The number of pyridine rings is 1. The zero-order chi connectivity index (χ0) is 23.8. The highest BCUT2D eigenvalue weighted by atomic mass is 19.4. The molecular formula is C21H16F3N5O4. The van der Waals surface area contributed by atoms with E-state index in [4.69, 9.17) is 4.52 Å². The van der Waals surface area contributed by atoms with Crippen molar-refractivity contribution in [3.05, 3.63) is 71.4 Å². The van der Waals surface area contributed by atoms with E-state index in [0.29, 0.717) is 16.8 Å². The summed E-state index contributed by atoms with van der Waals surface area (Å²) in [6.45, 7) is 1.25. The van der Waals surface area contributed by atoms with Crippen molar-refractivity contribution in [2.75, 3.05) is 6.54 Å². The van der Waals surface area contributed by atoms with Gasteiger partial charge in [-0.2, -0.15) is 13.2 Å². The van der Waals surface area contributed by atoms with Gasteiger partial charge in [0.1, 0.15) is 12.0 Å². The first-order valence-electron chi connectivity index (χ1n) is 9.58. The van der Waals surface area contributed by atoms with E-state index in [1.807, 2.05) is 0 Å². The van der Waals surface area contributed by atoms with E-state index in [0.717, 1.165) is 12.3 Å². The van der Waals surface area contributed by atoms with Gasteiger partial charge in [-0.05, 0) is 24.6 Å². The van der Waals surface area contributed by atoms with Gasteiger partial charge in [0.2, 0.25) is 0 Å². The summed E-state index contributed by atoms with van der Waals surface area (Å²) in [5, 5.41) is 11.0. The third-order valence-electron chi connectivity index (χ3n) is 5.20. The molecule has 4 amide bonds. The van der Waals surface area contributed by atoms with Crippen molar-refractivity contribution in [3.8, 4) is 11.1 Å². The molecule has 3 N–H and O–H groups in total. The number of alkyl halides is 3. The third-order valence-corrected chi connectivity index (χ3v) is 5.20. The molecule has 1 aliphatic heterocycles. The Kier molecular flexibility index (Phi) is 5.36. The number of carbonyl (C=O) groups excluding carboxylic acids is 3. The normalized spacial score (nSPS) is 18.1. The highest BCUT2D eigenvalue weighted by Gasteiger charge is 2.50.